The zero-order valence-corrected chi connectivity index (χ0v) is 14.0. The van der Waals surface area contributed by atoms with Gasteiger partial charge in [-0.3, -0.25) is 0 Å². The summed E-state index contributed by atoms with van der Waals surface area (Å²) in [5, 5.41) is 0. The average Bonchev–Trinajstić information content (AvgIpc) is 2.47. The van der Waals surface area contributed by atoms with Crippen molar-refractivity contribution < 1.29 is 4.43 Å². The topological polar surface area (TPSA) is 9.23 Å². The molecule has 0 atom stereocenters. The van der Waals surface area contributed by atoms with Crippen molar-refractivity contribution in [2.24, 2.45) is 0 Å². The van der Waals surface area contributed by atoms with E-state index in [0.29, 0.717) is 0 Å². The third-order valence-corrected chi connectivity index (χ3v) is 8.80. The van der Waals surface area contributed by atoms with Crippen LogP contribution in [0.25, 0.3) is 0 Å². The fourth-order valence-electron chi connectivity index (χ4n) is 2.45. The van der Waals surface area contributed by atoms with Crippen LogP contribution in [0.15, 0.2) is 25.3 Å². The molecule has 0 rings (SSSR count). The van der Waals surface area contributed by atoms with E-state index in [2.05, 4.69) is 39.8 Å². The summed E-state index contributed by atoms with van der Waals surface area (Å²) in [4.78, 5) is 0. The third-order valence-electron chi connectivity index (χ3n) is 4.11. The highest BCUT2D eigenvalue weighted by Crippen LogP contribution is 2.33. The predicted octanol–water partition coefficient (Wildman–Crippen LogP) is 5.31. The average molecular weight is 279 g/mol. The second-order valence-electron chi connectivity index (χ2n) is 5.14. The van der Waals surface area contributed by atoms with E-state index >= 15 is 0 Å². The van der Waals surface area contributed by atoms with Gasteiger partial charge in [-0.15, -0.1) is 19.6 Å². The molecule has 0 heterocycles. The molecule has 0 aliphatic rings. The Kier molecular flexibility index (Phi) is 8.80. The zero-order chi connectivity index (χ0) is 14.8. The fraction of sp³-hybridized carbons (Fsp3) is 0.647. The molecule has 108 valence electrons. The molecule has 0 amide bonds. The molecule has 1 nitrogen and oxygen atoms in total. The number of hydrogen-bond acceptors (Lipinski definition) is 1. The number of allylic oxidation sites excluding steroid dienone is 2. The Bertz CT molecular complexity index is 289. The summed E-state index contributed by atoms with van der Waals surface area (Å²) >= 11 is 0. The molecule has 0 saturated carbocycles. The molecule has 0 aromatic carbocycles. The minimum atomic E-state index is -1.68. The van der Waals surface area contributed by atoms with Gasteiger partial charge in [0, 0.05) is 0 Å². The van der Waals surface area contributed by atoms with E-state index < -0.39 is 13.9 Å². The van der Waals surface area contributed by atoms with Crippen molar-refractivity contribution in [2.75, 3.05) is 0 Å². The minimum Gasteiger partial charge on any atom is -0.401 e. The first-order chi connectivity index (χ1) is 9.07. The number of terminal acetylenes is 1. The quantitative estimate of drug-likeness (QED) is 0.283. The molecule has 0 spiro atoms. The summed E-state index contributed by atoms with van der Waals surface area (Å²) in [5.41, 5.74) is -0.420. The van der Waals surface area contributed by atoms with Crippen LogP contribution in [-0.2, 0) is 4.43 Å². The van der Waals surface area contributed by atoms with Gasteiger partial charge < -0.3 is 4.43 Å². The molecular weight excluding hydrogens is 248 g/mol. The first-order valence-corrected chi connectivity index (χ1v) is 10.00. The predicted molar refractivity (Wildman–Crippen MR) is 88.7 cm³/mol. The van der Waals surface area contributed by atoms with E-state index in [9.17, 15) is 0 Å². The molecule has 0 aliphatic heterocycles. The van der Waals surface area contributed by atoms with Crippen LogP contribution < -0.4 is 0 Å². The van der Waals surface area contributed by atoms with Crippen molar-refractivity contribution in [3.05, 3.63) is 25.3 Å². The van der Waals surface area contributed by atoms with Crippen molar-refractivity contribution in [2.45, 2.75) is 70.2 Å². The zero-order valence-electron chi connectivity index (χ0n) is 13.0. The molecule has 2 heteroatoms. The lowest BCUT2D eigenvalue weighted by Crippen LogP contribution is -2.46. The van der Waals surface area contributed by atoms with Gasteiger partial charge in [0.2, 0.25) is 0 Å². The van der Waals surface area contributed by atoms with Gasteiger partial charge in [0.1, 0.15) is 5.60 Å². The molecule has 19 heavy (non-hydrogen) atoms. The minimum absolute atomic E-state index is 0.420. The maximum absolute atomic E-state index is 6.63. The lowest BCUT2D eigenvalue weighted by molar-refractivity contribution is 0.0988. The van der Waals surface area contributed by atoms with E-state index in [1.165, 1.54) is 0 Å². The Morgan fingerprint density at radius 1 is 1.05 bits per heavy atom. The third kappa shape index (κ3) is 5.38. The van der Waals surface area contributed by atoms with Crippen LogP contribution in [0.4, 0.5) is 0 Å². The van der Waals surface area contributed by atoms with E-state index in [4.69, 9.17) is 10.8 Å². The molecule has 0 aliphatic carbocycles. The van der Waals surface area contributed by atoms with Gasteiger partial charge in [-0.2, -0.15) is 0 Å². The van der Waals surface area contributed by atoms with Crippen molar-refractivity contribution in [1.29, 1.82) is 0 Å². The molecule has 0 unspecified atom stereocenters. The van der Waals surface area contributed by atoms with Crippen molar-refractivity contribution in [3.63, 3.8) is 0 Å². The molecule has 0 radical (unpaired) electrons. The maximum Gasteiger partial charge on any atom is 0.194 e. The summed E-state index contributed by atoms with van der Waals surface area (Å²) in [6, 6.07) is 3.39. The molecule has 0 bridgehead atoms. The van der Waals surface area contributed by atoms with Crippen LogP contribution >= 0.6 is 0 Å². The van der Waals surface area contributed by atoms with Crippen LogP contribution in [0.5, 0.6) is 0 Å². The maximum atomic E-state index is 6.63. The van der Waals surface area contributed by atoms with Gasteiger partial charge in [0.15, 0.2) is 8.32 Å². The van der Waals surface area contributed by atoms with Gasteiger partial charge in [0.25, 0.3) is 0 Å². The lowest BCUT2D eigenvalue weighted by Gasteiger charge is -2.39. The summed E-state index contributed by atoms with van der Waals surface area (Å²) in [6.07, 6.45) is 13.2. The Labute approximate surface area is 121 Å². The van der Waals surface area contributed by atoms with Gasteiger partial charge in [0.05, 0.1) is 0 Å². The highest BCUT2D eigenvalue weighted by atomic mass is 28.4. The molecule has 0 aromatic rings. The van der Waals surface area contributed by atoms with Crippen LogP contribution in [0.1, 0.15) is 46.5 Å². The van der Waals surface area contributed by atoms with Crippen LogP contribution in [-0.4, -0.2) is 13.9 Å². The first-order valence-electron chi connectivity index (χ1n) is 7.47. The van der Waals surface area contributed by atoms with E-state index in [0.717, 1.165) is 43.8 Å². The summed E-state index contributed by atoms with van der Waals surface area (Å²) < 4.78 is 6.63. The van der Waals surface area contributed by atoms with E-state index in [1.807, 2.05) is 12.2 Å². The summed E-state index contributed by atoms with van der Waals surface area (Å²) in [5.74, 6) is 2.96. The lowest BCUT2D eigenvalue weighted by atomic mass is 9.93. The van der Waals surface area contributed by atoms with Gasteiger partial charge >= 0.3 is 0 Å². The fourth-order valence-corrected chi connectivity index (χ4v) is 5.48. The molecular formula is C17H30OSi. The Balaban J connectivity index is 5.14. The Morgan fingerprint density at radius 2 is 1.47 bits per heavy atom. The van der Waals surface area contributed by atoms with Crippen molar-refractivity contribution in [3.8, 4) is 12.3 Å². The number of hydrogen-bond donors (Lipinski definition) is 0. The van der Waals surface area contributed by atoms with Gasteiger partial charge in [-0.25, -0.2) is 0 Å². The van der Waals surface area contributed by atoms with Crippen molar-refractivity contribution in [1.82, 2.24) is 0 Å². The van der Waals surface area contributed by atoms with Crippen LogP contribution in [0, 0.1) is 12.3 Å². The SMILES string of the molecule is C#CC(CCC=C)(CCC=C)O[Si](CC)(CC)CC. The Morgan fingerprint density at radius 3 is 1.74 bits per heavy atom. The highest BCUT2D eigenvalue weighted by Gasteiger charge is 2.38. The summed E-state index contributed by atoms with van der Waals surface area (Å²) in [6.45, 7) is 14.3. The standard InChI is InChI=1S/C17H30OSi/c1-7-13-15-17(9-3,16-14-8-2)18-19(10-4,11-5)12-6/h3,7-8H,1-2,10-16H2,4-6H3. The summed E-state index contributed by atoms with van der Waals surface area (Å²) in [7, 11) is -1.68. The normalized spacial score (nSPS) is 11.9. The van der Waals surface area contributed by atoms with Gasteiger partial charge in [-0.05, 0) is 43.8 Å². The first kappa shape index (κ1) is 18.2. The van der Waals surface area contributed by atoms with Gasteiger partial charge in [-0.1, -0.05) is 38.8 Å². The molecule has 0 N–H and O–H groups in total. The molecule has 0 fully saturated rings. The molecule has 0 aromatic heterocycles. The van der Waals surface area contributed by atoms with Crippen LogP contribution in [0.2, 0.25) is 18.1 Å². The smallest absolute Gasteiger partial charge is 0.194 e. The highest BCUT2D eigenvalue weighted by molar-refractivity contribution is 6.73. The number of rotatable bonds is 11. The van der Waals surface area contributed by atoms with E-state index in [1.54, 1.807) is 0 Å². The van der Waals surface area contributed by atoms with Crippen LogP contribution in [0.3, 0.4) is 0 Å². The molecule has 0 saturated heterocycles. The largest absolute Gasteiger partial charge is 0.401 e. The van der Waals surface area contributed by atoms with E-state index in [-0.39, 0.29) is 0 Å². The van der Waals surface area contributed by atoms with Crippen molar-refractivity contribution >= 4 is 8.32 Å². The second-order valence-corrected chi connectivity index (χ2v) is 9.83. The monoisotopic (exact) mass is 278 g/mol. The second kappa shape index (κ2) is 9.17. The Hall–Kier alpha value is -0.783.